The van der Waals surface area contributed by atoms with Crippen molar-refractivity contribution in [2.75, 3.05) is 13.7 Å². The monoisotopic (exact) mass is 263 g/mol. The van der Waals surface area contributed by atoms with Gasteiger partial charge in [0.15, 0.2) is 0 Å². The molecule has 0 bridgehead atoms. The largest absolute Gasteiger partial charge is 0.496 e. The van der Waals surface area contributed by atoms with Crippen LogP contribution in [0.1, 0.15) is 26.3 Å². The van der Waals surface area contributed by atoms with Gasteiger partial charge in [-0.1, -0.05) is 24.8 Å². The Kier molecular flexibility index (Phi) is 4.98. The van der Waals surface area contributed by atoms with Gasteiger partial charge >= 0.3 is 6.09 Å². The highest BCUT2D eigenvalue weighted by Crippen LogP contribution is 2.23. The van der Waals surface area contributed by atoms with E-state index in [-0.39, 0.29) is 0 Å². The molecule has 0 unspecified atom stereocenters. The minimum atomic E-state index is -0.504. The first kappa shape index (κ1) is 15.1. The van der Waals surface area contributed by atoms with Crippen LogP contribution in [0.15, 0.2) is 30.8 Å². The fraction of sp³-hybridized carbons (Fsp3) is 0.400. The van der Waals surface area contributed by atoms with E-state index in [9.17, 15) is 4.79 Å². The minimum Gasteiger partial charge on any atom is -0.496 e. The zero-order valence-electron chi connectivity index (χ0n) is 11.9. The van der Waals surface area contributed by atoms with E-state index in [1.807, 2.05) is 45.0 Å². The van der Waals surface area contributed by atoms with Crippen molar-refractivity contribution in [3.05, 3.63) is 36.4 Å². The SMILES string of the molecule is C=C(CNC(=O)OC(C)(C)C)c1ccccc1OC. The lowest BCUT2D eigenvalue weighted by Gasteiger charge is -2.20. The van der Waals surface area contributed by atoms with Crippen LogP contribution in [0.4, 0.5) is 4.79 Å². The summed E-state index contributed by atoms with van der Waals surface area (Å²) in [5.74, 6) is 0.735. The lowest BCUT2D eigenvalue weighted by molar-refractivity contribution is 0.0535. The molecule has 0 aliphatic rings. The average Bonchev–Trinajstić information content (AvgIpc) is 2.33. The summed E-state index contributed by atoms with van der Waals surface area (Å²) >= 11 is 0. The lowest BCUT2D eigenvalue weighted by atomic mass is 10.1. The van der Waals surface area contributed by atoms with Gasteiger partial charge in [0.25, 0.3) is 0 Å². The number of methoxy groups -OCH3 is 1. The van der Waals surface area contributed by atoms with E-state index < -0.39 is 11.7 Å². The third-order valence-corrected chi connectivity index (χ3v) is 2.33. The molecule has 1 aromatic carbocycles. The zero-order chi connectivity index (χ0) is 14.5. The van der Waals surface area contributed by atoms with Crippen molar-refractivity contribution >= 4 is 11.7 Å². The molecule has 0 aromatic heterocycles. The van der Waals surface area contributed by atoms with E-state index in [4.69, 9.17) is 9.47 Å². The van der Waals surface area contributed by atoms with Gasteiger partial charge in [0.2, 0.25) is 0 Å². The first-order valence-electron chi connectivity index (χ1n) is 6.11. The predicted molar refractivity (Wildman–Crippen MR) is 76.3 cm³/mol. The third-order valence-electron chi connectivity index (χ3n) is 2.33. The summed E-state index contributed by atoms with van der Waals surface area (Å²) in [6.45, 7) is 9.73. The molecule has 0 saturated heterocycles. The van der Waals surface area contributed by atoms with Gasteiger partial charge < -0.3 is 14.8 Å². The molecule has 0 aliphatic heterocycles. The summed E-state index contributed by atoms with van der Waals surface area (Å²) in [5, 5.41) is 2.67. The van der Waals surface area contributed by atoms with Crippen LogP contribution in [0.2, 0.25) is 0 Å². The molecule has 0 spiro atoms. The number of benzene rings is 1. The first-order valence-corrected chi connectivity index (χ1v) is 6.11. The van der Waals surface area contributed by atoms with E-state index in [2.05, 4.69) is 11.9 Å². The van der Waals surface area contributed by atoms with Gasteiger partial charge in [0.1, 0.15) is 11.4 Å². The normalized spacial score (nSPS) is 10.7. The molecule has 4 nitrogen and oxygen atoms in total. The number of hydrogen-bond donors (Lipinski definition) is 1. The van der Waals surface area contributed by atoms with E-state index in [1.54, 1.807) is 7.11 Å². The summed E-state index contributed by atoms with van der Waals surface area (Å²) in [7, 11) is 1.60. The number of nitrogens with one attached hydrogen (secondary N) is 1. The average molecular weight is 263 g/mol. The van der Waals surface area contributed by atoms with Crippen molar-refractivity contribution in [1.29, 1.82) is 0 Å². The smallest absolute Gasteiger partial charge is 0.407 e. The highest BCUT2D eigenvalue weighted by atomic mass is 16.6. The highest BCUT2D eigenvalue weighted by Gasteiger charge is 2.16. The van der Waals surface area contributed by atoms with E-state index in [0.717, 1.165) is 16.9 Å². The second kappa shape index (κ2) is 6.27. The molecule has 0 atom stereocenters. The molecular weight excluding hydrogens is 242 g/mol. The number of rotatable bonds is 4. The van der Waals surface area contributed by atoms with E-state index in [0.29, 0.717) is 6.54 Å². The molecule has 0 saturated carbocycles. The van der Waals surface area contributed by atoms with E-state index in [1.165, 1.54) is 0 Å². The molecule has 1 rings (SSSR count). The van der Waals surface area contributed by atoms with Crippen molar-refractivity contribution in [2.45, 2.75) is 26.4 Å². The number of amides is 1. The summed E-state index contributed by atoms with van der Waals surface area (Å²) in [6.07, 6.45) is -0.455. The van der Waals surface area contributed by atoms with Gasteiger partial charge in [-0.15, -0.1) is 0 Å². The molecule has 19 heavy (non-hydrogen) atoms. The molecule has 0 heterocycles. The standard InChI is InChI=1S/C15H21NO3/c1-11(10-16-14(17)19-15(2,3)4)12-8-6-7-9-13(12)18-5/h6-9H,1,10H2,2-5H3,(H,16,17). The maximum absolute atomic E-state index is 11.5. The fourth-order valence-corrected chi connectivity index (χ4v) is 1.52. The first-order chi connectivity index (χ1) is 8.83. The maximum atomic E-state index is 11.5. The third kappa shape index (κ3) is 5.04. The van der Waals surface area contributed by atoms with Crippen LogP contribution in [0.3, 0.4) is 0 Å². The highest BCUT2D eigenvalue weighted by molar-refractivity contribution is 5.75. The summed E-state index contributed by atoms with van der Waals surface area (Å²) in [4.78, 5) is 11.5. The lowest BCUT2D eigenvalue weighted by Crippen LogP contribution is -2.33. The number of ether oxygens (including phenoxy) is 2. The molecule has 1 aromatic rings. The van der Waals surface area contributed by atoms with Crippen molar-refractivity contribution in [3.8, 4) is 5.75 Å². The van der Waals surface area contributed by atoms with Crippen LogP contribution < -0.4 is 10.1 Å². The Hall–Kier alpha value is -1.97. The molecule has 4 heteroatoms. The van der Waals surface area contributed by atoms with Gasteiger partial charge in [0.05, 0.1) is 7.11 Å². The van der Waals surface area contributed by atoms with Gasteiger partial charge in [-0.05, 0) is 32.4 Å². The van der Waals surface area contributed by atoms with Crippen molar-refractivity contribution in [1.82, 2.24) is 5.32 Å². The predicted octanol–water partition coefficient (Wildman–Crippen LogP) is 3.23. The molecule has 1 amide bonds. The van der Waals surface area contributed by atoms with Gasteiger partial charge in [-0.25, -0.2) is 4.79 Å². The Morgan fingerprint density at radius 3 is 2.53 bits per heavy atom. The summed E-state index contributed by atoms with van der Waals surface area (Å²) < 4.78 is 10.4. The van der Waals surface area contributed by atoms with Crippen LogP contribution in [-0.2, 0) is 4.74 Å². The van der Waals surface area contributed by atoms with Crippen LogP contribution in [0.5, 0.6) is 5.75 Å². The van der Waals surface area contributed by atoms with Crippen LogP contribution in [0.25, 0.3) is 5.57 Å². The Morgan fingerprint density at radius 2 is 1.95 bits per heavy atom. The molecule has 0 radical (unpaired) electrons. The van der Waals surface area contributed by atoms with Crippen LogP contribution in [-0.4, -0.2) is 25.3 Å². The molecule has 0 aliphatic carbocycles. The fourth-order valence-electron chi connectivity index (χ4n) is 1.52. The zero-order valence-corrected chi connectivity index (χ0v) is 11.9. The Morgan fingerprint density at radius 1 is 1.32 bits per heavy atom. The Balaban J connectivity index is 2.59. The minimum absolute atomic E-state index is 0.315. The molecular formula is C15H21NO3. The second-order valence-corrected chi connectivity index (χ2v) is 5.16. The second-order valence-electron chi connectivity index (χ2n) is 5.16. The number of hydrogen-bond acceptors (Lipinski definition) is 3. The molecule has 1 N–H and O–H groups in total. The van der Waals surface area contributed by atoms with E-state index >= 15 is 0 Å². The number of para-hydroxylation sites is 1. The molecule has 0 fully saturated rings. The molecule has 104 valence electrons. The topological polar surface area (TPSA) is 47.6 Å². The van der Waals surface area contributed by atoms with Crippen molar-refractivity contribution < 1.29 is 14.3 Å². The quantitative estimate of drug-likeness (QED) is 0.907. The van der Waals surface area contributed by atoms with Gasteiger partial charge in [-0.2, -0.15) is 0 Å². The van der Waals surface area contributed by atoms with Gasteiger partial charge in [0, 0.05) is 12.1 Å². The summed E-state index contributed by atoms with van der Waals surface area (Å²) in [5.41, 5.74) is 1.14. The maximum Gasteiger partial charge on any atom is 0.407 e. The van der Waals surface area contributed by atoms with Crippen LogP contribution >= 0.6 is 0 Å². The van der Waals surface area contributed by atoms with Crippen molar-refractivity contribution in [3.63, 3.8) is 0 Å². The summed E-state index contributed by atoms with van der Waals surface area (Å²) in [6, 6.07) is 7.54. The number of carbonyl (C=O) groups is 1. The number of alkyl carbamates (subject to hydrolysis) is 1. The Bertz CT molecular complexity index is 461. The van der Waals surface area contributed by atoms with Crippen LogP contribution in [0, 0.1) is 0 Å². The van der Waals surface area contributed by atoms with Crippen molar-refractivity contribution in [2.24, 2.45) is 0 Å². The van der Waals surface area contributed by atoms with Gasteiger partial charge in [-0.3, -0.25) is 0 Å². The number of carbonyl (C=O) groups excluding carboxylic acids is 1. The Labute approximate surface area is 114 Å².